The fourth-order valence-corrected chi connectivity index (χ4v) is 2.93. The van der Waals surface area contributed by atoms with E-state index in [0.717, 1.165) is 38.9 Å². The molecule has 0 aromatic heterocycles. The van der Waals surface area contributed by atoms with Gasteiger partial charge in [0.2, 0.25) is 0 Å². The van der Waals surface area contributed by atoms with Crippen molar-refractivity contribution in [1.82, 2.24) is 5.32 Å². The van der Waals surface area contributed by atoms with Crippen molar-refractivity contribution in [2.45, 2.75) is 32.2 Å². The molecule has 0 radical (unpaired) electrons. The van der Waals surface area contributed by atoms with Gasteiger partial charge in [0.15, 0.2) is 5.75 Å². The summed E-state index contributed by atoms with van der Waals surface area (Å²) in [5.41, 5.74) is 0.730. The molecule has 0 amide bonds. The molecule has 1 aliphatic heterocycles. The molecule has 6 nitrogen and oxygen atoms in total. The van der Waals surface area contributed by atoms with Crippen LogP contribution in [0.1, 0.15) is 26.2 Å². The van der Waals surface area contributed by atoms with E-state index in [9.17, 15) is 10.1 Å². The molecule has 1 N–H and O–H groups in total. The molecule has 1 heterocycles. The van der Waals surface area contributed by atoms with Crippen molar-refractivity contribution in [2.75, 3.05) is 31.6 Å². The zero-order valence-corrected chi connectivity index (χ0v) is 12.7. The van der Waals surface area contributed by atoms with Crippen LogP contribution in [0.5, 0.6) is 5.75 Å². The van der Waals surface area contributed by atoms with Gasteiger partial charge in [-0.1, -0.05) is 13.0 Å². The van der Waals surface area contributed by atoms with Crippen LogP contribution < -0.4 is 15.0 Å². The Morgan fingerprint density at radius 3 is 2.90 bits per heavy atom. The third-order valence-electron chi connectivity index (χ3n) is 3.87. The number of nitro groups is 1. The summed E-state index contributed by atoms with van der Waals surface area (Å²) in [5, 5.41) is 14.9. The van der Waals surface area contributed by atoms with Gasteiger partial charge in [-0.2, -0.15) is 0 Å². The van der Waals surface area contributed by atoms with Crippen LogP contribution in [0.3, 0.4) is 0 Å². The van der Waals surface area contributed by atoms with Crippen LogP contribution in [0.2, 0.25) is 0 Å². The third-order valence-corrected chi connectivity index (χ3v) is 3.87. The van der Waals surface area contributed by atoms with E-state index in [2.05, 4.69) is 17.1 Å². The smallest absolute Gasteiger partial charge is 0.333 e. The second-order valence-corrected chi connectivity index (χ2v) is 5.28. The zero-order valence-electron chi connectivity index (χ0n) is 12.7. The van der Waals surface area contributed by atoms with Crippen molar-refractivity contribution in [3.8, 4) is 5.75 Å². The molecule has 0 saturated carbocycles. The van der Waals surface area contributed by atoms with E-state index in [1.807, 2.05) is 12.1 Å². The molecular weight excluding hydrogens is 270 g/mol. The fraction of sp³-hybridized carbons (Fsp3) is 0.600. The van der Waals surface area contributed by atoms with Gasteiger partial charge in [-0.05, 0) is 37.9 Å². The standard InChI is InChI=1S/C15H23N3O3/c1-3-10-17(12-6-5-9-16-11-12)13-7-4-8-14(21-2)15(13)18(19)20/h4,7-8,12,16H,3,5-6,9-11H2,1-2H3. The molecule has 1 aliphatic rings. The Kier molecular flexibility index (Phi) is 5.38. The van der Waals surface area contributed by atoms with Crippen molar-refractivity contribution in [3.63, 3.8) is 0 Å². The molecule has 1 saturated heterocycles. The number of benzene rings is 1. The van der Waals surface area contributed by atoms with Crippen LogP contribution in [0.15, 0.2) is 18.2 Å². The van der Waals surface area contributed by atoms with Crippen LogP contribution >= 0.6 is 0 Å². The average molecular weight is 293 g/mol. The summed E-state index contributed by atoms with van der Waals surface area (Å²) in [5.74, 6) is 0.322. The van der Waals surface area contributed by atoms with E-state index in [-0.39, 0.29) is 10.6 Å². The van der Waals surface area contributed by atoms with Crippen LogP contribution in [0, 0.1) is 10.1 Å². The number of piperidine rings is 1. The normalized spacial score (nSPS) is 18.3. The highest BCUT2D eigenvalue weighted by atomic mass is 16.6. The molecule has 1 atom stereocenters. The Hall–Kier alpha value is -1.82. The Morgan fingerprint density at radius 2 is 2.33 bits per heavy atom. The maximum absolute atomic E-state index is 11.5. The van der Waals surface area contributed by atoms with Crippen molar-refractivity contribution in [1.29, 1.82) is 0 Å². The van der Waals surface area contributed by atoms with Crippen LogP contribution in [0.25, 0.3) is 0 Å². The maximum Gasteiger partial charge on any atom is 0.333 e. The number of nitro benzene ring substituents is 1. The van der Waals surface area contributed by atoms with Crippen LogP contribution in [-0.2, 0) is 0 Å². The molecule has 1 unspecified atom stereocenters. The molecule has 0 spiro atoms. The van der Waals surface area contributed by atoms with E-state index < -0.39 is 0 Å². The van der Waals surface area contributed by atoms with E-state index in [4.69, 9.17) is 4.74 Å². The number of hydrogen-bond acceptors (Lipinski definition) is 5. The first-order chi connectivity index (χ1) is 10.2. The van der Waals surface area contributed by atoms with Gasteiger partial charge in [-0.3, -0.25) is 10.1 Å². The van der Waals surface area contributed by atoms with Gasteiger partial charge >= 0.3 is 5.69 Å². The van der Waals surface area contributed by atoms with Crippen LogP contribution in [0.4, 0.5) is 11.4 Å². The largest absolute Gasteiger partial charge is 0.490 e. The van der Waals surface area contributed by atoms with E-state index >= 15 is 0 Å². The molecule has 1 aromatic rings. The van der Waals surface area contributed by atoms with Crippen molar-refractivity contribution in [3.05, 3.63) is 28.3 Å². The summed E-state index contributed by atoms with van der Waals surface area (Å²) in [6, 6.07) is 5.58. The molecule has 116 valence electrons. The summed E-state index contributed by atoms with van der Waals surface area (Å²) in [4.78, 5) is 13.3. The van der Waals surface area contributed by atoms with E-state index in [0.29, 0.717) is 17.5 Å². The second-order valence-electron chi connectivity index (χ2n) is 5.28. The van der Waals surface area contributed by atoms with Gasteiger partial charge in [-0.15, -0.1) is 0 Å². The average Bonchev–Trinajstić information content (AvgIpc) is 2.52. The summed E-state index contributed by atoms with van der Waals surface area (Å²) in [7, 11) is 1.47. The highest BCUT2D eigenvalue weighted by molar-refractivity contribution is 5.70. The molecule has 1 fully saturated rings. The van der Waals surface area contributed by atoms with Gasteiger partial charge in [0.25, 0.3) is 0 Å². The summed E-state index contributed by atoms with van der Waals surface area (Å²) < 4.78 is 5.18. The van der Waals surface area contributed by atoms with Gasteiger partial charge in [0, 0.05) is 19.1 Å². The van der Waals surface area contributed by atoms with Gasteiger partial charge in [0.1, 0.15) is 5.69 Å². The summed E-state index contributed by atoms with van der Waals surface area (Å²) in [6.07, 6.45) is 3.11. The molecule has 21 heavy (non-hydrogen) atoms. The number of nitrogens with one attached hydrogen (secondary N) is 1. The van der Waals surface area contributed by atoms with Gasteiger partial charge in [0.05, 0.1) is 12.0 Å². The van der Waals surface area contributed by atoms with Crippen molar-refractivity contribution < 1.29 is 9.66 Å². The van der Waals surface area contributed by atoms with E-state index in [1.54, 1.807) is 6.07 Å². The van der Waals surface area contributed by atoms with Gasteiger partial charge in [-0.25, -0.2) is 0 Å². The van der Waals surface area contributed by atoms with E-state index in [1.165, 1.54) is 7.11 Å². The van der Waals surface area contributed by atoms with Crippen molar-refractivity contribution >= 4 is 11.4 Å². The summed E-state index contributed by atoms with van der Waals surface area (Å²) >= 11 is 0. The zero-order chi connectivity index (χ0) is 15.2. The number of para-hydroxylation sites is 1. The first-order valence-electron chi connectivity index (χ1n) is 7.47. The maximum atomic E-state index is 11.5. The minimum absolute atomic E-state index is 0.0685. The second kappa shape index (κ2) is 7.26. The number of hydrogen-bond donors (Lipinski definition) is 1. The predicted octanol–water partition coefficient (Wildman–Crippen LogP) is 2.57. The number of nitrogens with zero attached hydrogens (tertiary/aromatic N) is 2. The molecule has 2 rings (SSSR count). The molecule has 0 bridgehead atoms. The van der Waals surface area contributed by atoms with Crippen molar-refractivity contribution in [2.24, 2.45) is 0 Å². The first-order valence-corrected chi connectivity index (χ1v) is 7.47. The Labute approximate surface area is 125 Å². The third kappa shape index (κ3) is 3.44. The lowest BCUT2D eigenvalue weighted by molar-refractivity contribution is -0.385. The Bertz CT molecular complexity index is 487. The molecule has 0 aliphatic carbocycles. The molecular formula is C15H23N3O3. The minimum atomic E-state index is -0.340. The number of rotatable bonds is 6. The monoisotopic (exact) mass is 293 g/mol. The van der Waals surface area contributed by atoms with Gasteiger partial charge < -0.3 is 15.0 Å². The van der Waals surface area contributed by atoms with Crippen LogP contribution in [-0.4, -0.2) is 37.7 Å². The summed E-state index contributed by atoms with van der Waals surface area (Å²) in [6.45, 7) is 4.79. The predicted molar refractivity (Wildman–Crippen MR) is 83.2 cm³/mol. The SMILES string of the molecule is CCCN(c1cccc(OC)c1[N+](=O)[O-])C1CCCNC1. The Balaban J connectivity index is 2.41. The molecule has 6 heteroatoms. The lowest BCUT2D eigenvalue weighted by atomic mass is 10.0. The fourth-order valence-electron chi connectivity index (χ4n) is 2.93. The Morgan fingerprint density at radius 1 is 1.52 bits per heavy atom. The lowest BCUT2D eigenvalue weighted by Gasteiger charge is -2.36. The number of methoxy groups -OCH3 is 1. The minimum Gasteiger partial charge on any atom is -0.490 e. The molecule has 1 aromatic carbocycles. The topological polar surface area (TPSA) is 67.6 Å². The number of ether oxygens (including phenoxy) is 1. The number of anilines is 1. The highest BCUT2D eigenvalue weighted by Gasteiger charge is 2.29. The quantitative estimate of drug-likeness (QED) is 0.645. The first kappa shape index (κ1) is 15.6. The lowest BCUT2D eigenvalue weighted by Crippen LogP contribution is -2.46. The highest BCUT2D eigenvalue weighted by Crippen LogP contribution is 2.38.